The van der Waals surface area contributed by atoms with Crippen LogP contribution in [0.1, 0.15) is 12.8 Å². The highest BCUT2D eigenvalue weighted by molar-refractivity contribution is 7.89. The van der Waals surface area contributed by atoms with Crippen molar-refractivity contribution in [3.05, 3.63) is 59.6 Å². The van der Waals surface area contributed by atoms with E-state index in [2.05, 4.69) is 15.5 Å². The molecule has 1 aliphatic heterocycles. The van der Waals surface area contributed by atoms with Gasteiger partial charge in [-0.15, -0.1) is 4.91 Å². The van der Waals surface area contributed by atoms with Crippen molar-refractivity contribution < 1.29 is 16.8 Å². The molecule has 0 bridgehead atoms. The summed E-state index contributed by atoms with van der Waals surface area (Å²) in [5.74, 6) is 0. The van der Waals surface area contributed by atoms with E-state index < -0.39 is 20.0 Å². The molecule has 1 aliphatic rings. The number of pyridine rings is 1. The number of nitrogens with one attached hydrogen (secondary N) is 1. The molecular formula is C20H21N5O5S2. The van der Waals surface area contributed by atoms with Crippen molar-refractivity contribution in [2.45, 2.75) is 28.7 Å². The first-order valence-electron chi connectivity index (χ1n) is 9.81. The summed E-state index contributed by atoms with van der Waals surface area (Å²) in [5.41, 5.74) is 0.729. The fraction of sp³-hybridized carbons (Fsp3) is 0.250. The van der Waals surface area contributed by atoms with Gasteiger partial charge in [0.15, 0.2) is 0 Å². The lowest BCUT2D eigenvalue weighted by Crippen LogP contribution is -2.42. The highest BCUT2D eigenvalue weighted by Crippen LogP contribution is 2.31. The third-order valence-corrected chi connectivity index (χ3v) is 8.26. The number of fused-ring (bicyclic) bond motifs is 1. The summed E-state index contributed by atoms with van der Waals surface area (Å²) >= 11 is 0. The summed E-state index contributed by atoms with van der Waals surface area (Å²) in [5, 5.41) is 11.9. The molecule has 0 atom stereocenters. The minimum Gasteiger partial charge on any atom is -0.380 e. The summed E-state index contributed by atoms with van der Waals surface area (Å²) in [7, 11) is -7.68. The summed E-state index contributed by atoms with van der Waals surface area (Å²) in [6, 6.07) is 12.4. The molecule has 4 rings (SSSR count). The van der Waals surface area contributed by atoms with Crippen molar-refractivity contribution in [2.24, 2.45) is 10.3 Å². The van der Waals surface area contributed by atoms with Gasteiger partial charge in [-0.1, -0.05) is 18.2 Å². The lowest BCUT2D eigenvalue weighted by Gasteiger charge is -2.32. The molecule has 1 fully saturated rings. The smallest absolute Gasteiger partial charge is 0.245 e. The van der Waals surface area contributed by atoms with E-state index >= 15 is 0 Å². The summed E-state index contributed by atoms with van der Waals surface area (Å²) in [4.78, 5) is 15.4. The van der Waals surface area contributed by atoms with Crippen molar-refractivity contribution in [3.8, 4) is 0 Å². The molecule has 1 aromatic heterocycles. The molecule has 168 valence electrons. The number of para-hydroxylation sites is 1. The average molecular weight is 476 g/mol. The Morgan fingerprint density at radius 1 is 1.03 bits per heavy atom. The van der Waals surface area contributed by atoms with E-state index in [0.29, 0.717) is 24.0 Å². The number of primary sulfonamides is 1. The molecule has 0 spiro atoms. The van der Waals surface area contributed by atoms with Gasteiger partial charge in [-0.2, -0.15) is 4.31 Å². The van der Waals surface area contributed by atoms with Crippen LogP contribution >= 0.6 is 0 Å². The fourth-order valence-corrected chi connectivity index (χ4v) is 5.94. The normalized spacial score (nSPS) is 16.2. The van der Waals surface area contributed by atoms with Crippen molar-refractivity contribution in [2.75, 3.05) is 18.4 Å². The van der Waals surface area contributed by atoms with Gasteiger partial charge in [-0.05, 0) is 48.4 Å². The number of hydrogen-bond acceptors (Lipinski definition) is 8. The molecule has 0 unspecified atom stereocenters. The van der Waals surface area contributed by atoms with E-state index in [1.165, 1.54) is 16.4 Å². The van der Waals surface area contributed by atoms with Crippen LogP contribution in [0.25, 0.3) is 10.9 Å². The first-order chi connectivity index (χ1) is 15.2. The number of aromatic nitrogens is 1. The van der Waals surface area contributed by atoms with E-state index in [1.807, 2.05) is 12.1 Å². The molecule has 3 N–H and O–H groups in total. The number of hydrogen-bond donors (Lipinski definition) is 2. The van der Waals surface area contributed by atoms with Crippen molar-refractivity contribution in [1.29, 1.82) is 0 Å². The lowest BCUT2D eigenvalue weighted by molar-refractivity contribution is 0.330. The van der Waals surface area contributed by atoms with Crippen molar-refractivity contribution >= 4 is 42.3 Å². The van der Waals surface area contributed by atoms with Crippen molar-refractivity contribution in [1.82, 2.24) is 9.29 Å². The third kappa shape index (κ3) is 4.35. The molecule has 0 aliphatic carbocycles. The third-order valence-electron chi connectivity index (χ3n) is 5.42. The number of piperidine rings is 1. The first kappa shape index (κ1) is 22.3. The van der Waals surface area contributed by atoms with Gasteiger partial charge >= 0.3 is 0 Å². The summed E-state index contributed by atoms with van der Waals surface area (Å²) < 4.78 is 50.9. The van der Waals surface area contributed by atoms with Gasteiger partial charge in [0.1, 0.15) is 10.6 Å². The van der Waals surface area contributed by atoms with Crippen LogP contribution in [0.3, 0.4) is 0 Å². The highest BCUT2D eigenvalue weighted by Gasteiger charge is 2.31. The standard InChI is InChI=1S/C20H21N5O5S2/c21-31(27,28)16-6-7-17(18(13-16)24-26)23-15-8-11-25(12-9-15)32(29,30)19-5-1-3-14-4-2-10-22-20(14)19/h1-7,10,13,15,23H,8-9,11-12H2,(H2,21,27,28). The lowest BCUT2D eigenvalue weighted by atomic mass is 10.1. The van der Waals surface area contributed by atoms with Gasteiger partial charge in [0.25, 0.3) is 0 Å². The Labute approximate surface area is 185 Å². The molecule has 10 nitrogen and oxygen atoms in total. The summed E-state index contributed by atoms with van der Waals surface area (Å²) in [6.07, 6.45) is 2.55. The zero-order valence-corrected chi connectivity index (χ0v) is 18.5. The molecular weight excluding hydrogens is 454 g/mol. The van der Waals surface area contributed by atoms with E-state index in [1.54, 1.807) is 24.4 Å². The van der Waals surface area contributed by atoms with Gasteiger partial charge in [0.05, 0.1) is 16.1 Å². The van der Waals surface area contributed by atoms with Gasteiger partial charge in [-0.25, -0.2) is 22.0 Å². The number of rotatable bonds is 6. The Bertz CT molecular complexity index is 1380. The SMILES string of the molecule is NS(=O)(=O)c1ccc(NC2CCN(S(=O)(=O)c3cccc4cccnc34)CC2)c(N=O)c1. The maximum absolute atomic E-state index is 13.2. The largest absolute Gasteiger partial charge is 0.380 e. The minimum atomic E-state index is -3.96. The number of benzene rings is 2. The van der Waals surface area contributed by atoms with Gasteiger partial charge in [0, 0.05) is 30.7 Å². The molecule has 0 saturated carbocycles. The van der Waals surface area contributed by atoms with Crippen LogP contribution in [0.2, 0.25) is 0 Å². The molecule has 2 aromatic carbocycles. The minimum absolute atomic E-state index is 0.0756. The molecule has 1 saturated heterocycles. The number of nitroso groups, excluding NO2 is 1. The van der Waals surface area contributed by atoms with E-state index in [0.717, 1.165) is 11.5 Å². The van der Waals surface area contributed by atoms with E-state index in [4.69, 9.17) is 5.14 Å². The van der Waals surface area contributed by atoms with E-state index in [-0.39, 0.29) is 34.6 Å². The fourth-order valence-electron chi connectivity index (χ4n) is 3.77. The monoisotopic (exact) mass is 475 g/mol. The molecule has 2 heterocycles. The number of anilines is 1. The number of nitrogens with zero attached hydrogens (tertiary/aromatic N) is 3. The molecule has 0 radical (unpaired) electrons. The van der Waals surface area contributed by atoms with Crippen LogP contribution in [-0.2, 0) is 20.0 Å². The Kier molecular flexibility index (Phi) is 5.95. The zero-order valence-electron chi connectivity index (χ0n) is 16.9. The van der Waals surface area contributed by atoms with E-state index in [9.17, 15) is 21.7 Å². The predicted octanol–water partition coefficient (Wildman–Crippen LogP) is 2.55. The van der Waals surface area contributed by atoms with Crippen LogP contribution < -0.4 is 10.5 Å². The Morgan fingerprint density at radius 3 is 2.44 bits per heavy atom. The second-order valence-corrected chi connectivity index (χ2v) is 10.9. The van der Waals surface area contributed by atoms with Gasteiger partial charge in [0.2, 0.25) is 20.0 Å². The quantitative estimate of drug-likeness (QED) is 0.520. The highest BCUT2D eigenvalue weighted by atomic mass is 32.2. The van der Waals surface area contributed by atoms with Gasteiger partial charge < -0.3 is 5.32 Å². The molecule has 12 heteroatoms. The number of nitrogens with two attached hydrogens (primary N) is 1. The number of sulfonamides is 2. The van der Waals surface area contributed by atoms with Gasteiger partial charge in [-0.3, -0.25) is 4.98 Å². The molecule has 0 amide bonds. The Morgan fingerprint density at radius 2 is 1.75 bits per heavy atom. The topological polar surface area (TPSA) is 152 Å². The van der Waals surface area contributed by atoms with Crippen LogP contribution in [0.4, 0.5) is 11.4 Å². The van der Waals surface area contributed by atoms with Crippen LogP contribution in [-0.4, -0.2) is 45.3 Å². The second-order valence-electron chi connectivity index (χ2n) is 7.47. The second kappa shape index (κ2) is 8.54. The molecule has 32 heavy (non-hydrogen) atoms. The Hall–Kier alpha value is -2.93. The van der Waals surface area contributed by atoms with Crippen LogP contribution in [0, 0.1) is 4.91 Å². The molecule has 3 aromatic rings. The Balaban J connectivity index is 1.49. The predicted molar refractivity (Wildman–Crippen MR) is 120 cm³/mol. The van der Waals surface area contributed by atoms with Crippen molar-refractivity contribution in [3.63, 3.8) is 0 Å². The maximum Gasteiger partial charge on any atom is 0.245 e. The summed E-state index contributed by atoms with van der Waals surface area (Å²) in [6.45, 7) is 0.560. The maximum atomic E-state index is 13.2. The van der Waals surface area contributed by atoms with Crippen LogP contribution in [0.15, 0.2) is 69.7 Å². The zero-order chi connectivity index (χ0) is 22.9. The van der Waals surface area contributed by atoms with Crippen LogP contribution in [0.5, 0.6) is 0 Å². The average Bonchev–Trinajstić information content (AvgIpc) is 2.78. The first-order valence-corrected chi connectivity index (χ1v) is 12.8.